The lowest BCUT2D eigenvalue weighted by Gasteiger charge is -2.29. The molecule has 2 unspecified atom stereocenters. The number of urea groups is 1. The number of carbonyl (C=O) groups excluding carboxylic acids is 1. The van der Waals surface area contributed by atoms with Gasteiger partial charge in [0.05, 0.1) is 12.0 Å². The number of amides is 2. The second-order valence-corrected chi connectivity index (χ2v) is 6.94. The first kappa shape index (κ1) is 19.5. The Hall–Kier alpha value is -1.79. The van der Waals surface area contributed by atoms with Crippen LogP contribution in [-0.2, 0) is 9.53 Å². The molecule has 1 aromatic rings. The van der Waals surface area contributed by atoms with Crippen LogP contribution in [0.25, 0.3) is 0 Å². The van der Waals surface area contributed by atoms with Crippen molar-refractivity contribution in [3.63, 3.8) is 0 Å². The zero-order valence-electron chi connectivity index (χ0n) is 14.5. The SMILES string of the molecule is COC(c1ccc(Cl)cc1)C(C)NC(=O)NC1CCC(C(=O)O)CC1. The molecule has 0 heterocycles. The predicted molar refractivity (Wildman–Crippen MR) is 95.7 cm³/mol. The summed E-state index contributed by atoms with van der Waals surface area (Å²) in [6.45, 7) is 1.88. The molecule has 0 radical (unpaired) electrons. The minimum absolute atomic E-state index is 0.0133. The van der Waals surface area contributed by atoms with Crippen molar-refractivity contribution in [3.05, 3.63) is 34.9 Å². The van der Waals surface area contributed by atoms with Gasteiger partial charge in [0, 0.05) is 18.2 Å². The summed E-state index contributed by atoms with van der Waals surface area (Å²) in [5.41, 5.74) is 0.932. The first-order chi connectivity index (χ1) is 11.9. The van der Waals surface area contributed by atoms with Crippen LogP contribution < -0.4 is 10.6 Å². The van der Waals surface area contributed by atoms with Crippen LogP contribution in [-0.4, -0.2) is 36.3 Å². The maximum absolute atomic E-state index is 12.2. The molecule has 2 atom stereocenters. The van der Waals surface area contributed by atoms with Crippen LogP contribution in [0.1, 0.15) is 44.3 Å². The van der Waals surface area contributed by atoms with Crippen LogP contribution in [0.5, 0.6) is 0 Å². The molecule has 0 saturated heterocycles. The number of carbonyl (C=O) groups is 2. The van der Waals surface area contributed by atoms with E-state index in [9.17, 15) is 9.59 Å². The minimum atomic E-state index is -0.748. The largest absolute Gasteiger partial charge is 0.481 e. The highest BCUT2D eigenvalue weighted by molar-refractivity contribution is 6.30. The zero-order valence-corrected chi connectivity index (χ0v) is 15.3. The number of hydrogen-bond acceptors (Lipinski definition) is 3. The van der Waals surface area contributed by atoms with Crippen molar-refractivity contribution in [2.45, 2.75) is 50.8 Å². The molecule has 1 aliphatic rings. The Bertz CT molecular complexity index is 585. The molecule has 25 heavy (non-hydrogen) atoms. The van der Waals surface area contributed by atoms with Crippen LogP contribution in [0.3, 0.4) is 0 Å². The Morgan fingerprint density at radius 2 is 1.80 bits per heavy atom. The van der Waals surface area contributed by atoms with E-state index < -0.39 is 5.97 Å². The van der Waals surface area contributed by atoms with Gasteiger partial charge in [-0.25, -0.2) is 4.79 Å². The van der Waals surface area contributed by atoms with E-state index in [0.29, 0.717) is 30.7 Å². The first-order valence-corrected chi connectivity index (χ1v) is 8.86. The smallest absolute Gasteiger partial charge is 0.315 e. The number of carboxylic acids is 1. The van der Waals surface area contributed by atoms with Gasteiger partial charge in [-0.05, 0) is 50.3 Å². The molecule has 1 fully saturated rings. The summed E-state index contributed by atoms with van der Waals surface area (Å²) in [7, 11) is 1.60. The Balaban J connectivity index is 1.84. The fourth-order valence-electron chi connectivity index (χ4n) is 3.28. The molecule has 0 spiro atoms. The lowest BCUT2D eigenvalue weighted by atomic mass is 9.86. The van der Waals surface area contributed by atoms with Gasteiger partial charge in [-0.1, -0.05) is 23.7 Å². The molecule has 0 bridgehead atoms. The maximum Gasteiger partial charge on any atom is 0.315 e. The van der Waals surface area contributed by atoms with E-state index in [1.165, 1.54) is 0 Å². The summed E-state index contributed by atoms with van der Waals surface area (Å²) in [4.78, 5) is 23.2. The number of hydrogen-bond donors (Lipinski definition) is 3. The van der Waals surface area contributed by atoms with E-state index in [1.54, 1.807) is 19.2 Å². The molecule has 1 aromatic carbocycles. The quantitative estimate of drug-likeness (QED) is 0.718. The average molecular weight is 369 g/mol. The van der Waals surface area contributed by atoms with E-state index >= 15 is 0 Å². The van der Waals surface area contributed by atoms with Gasteiger partial charge in [0.2, 0.25) is 0 Å². The summed E-state index contributed by atoms with van der Waals surface area (Å²) >= 11 is 5.90. The maximum atomic E-state index is 12.2. The Kier molecular flexibility index (Phi) is 7.08. The highest BCUT2D eigenvalue weighted by atomic mass is 35.5. The lowest BCUT2D eigenvalue weighted by Crippen LogP contribution is -2.48. The molecule has 7 heteroatoms. The first-order valence-electron chi connectivity index (χ1n) is 8.48. The molecule has 3 N–H and O–H groups in total. The molecule has 138 valence electrons. The summed E-state index contributed by atoms with van der Waals surface area (Å²) in [6, 6.07) is 6.84. The summed E-state index contributed by atoms with van der Waals surface area (Å²) in [6.07, 6.45) is 2.28. The number of ether oxygens (including phenoxy) is 1. The van der Waals surface area contributed by atoms with Crippen molar-refractivity contribution in [2.75, 3.05) is 7.11 Å². The van der Waals surface area contributed by atoms with Crippen LogP contribution in [0.2, 0.25) is 5.02 Å². The van der Waals surface area contributed by atoms with Gasteiger partial charge in [-0.2, -0.15) is 0 Å². The monoisotopic (exact) mass is 368 g/mol. The summed E-state index contributed by atoms with van der Waals surface area (Å²) in [5, 5.41) is 15.5. The van der Waals surface area contributed by atoms with Gasteiger partial charge in [0.1, 0.15) is 6.10 Å². The highest BCUT2D eigenvalue weighted by Crippen LogP contribution is 2.25. The van der Waals surface area contributed by atoms with E-state index in [0.717, 1.165) is 5.56 Å². The van der Waals surface area contributed by atoms with Crippen molar-refractivity contribution in [1.82, 2.24) is 10.6 Å². The second kappa shape index (κ2) is 9.06. The number of benzene rings is 1. The van der Waals surface area contributed by atoms with Crippen molar-refractivity contribution in [2.24, 2.45) is 5.92 Å². The van der Waals surface area contributed by atoms with Crippen LogP contribution in [0.4, 0.5) is 4.79 Å². The molecular formula is C18H25ClN2O4. The molecule has 1 aliphatic carbocycles. The third kappa shape index (κ3) is 5.61. The van der Waals surface area contributed by atoms with Gasteiger partial charge >= 0.3 is 12.0 Å². The van der Waals surface area contributed by atoms with Crippen molar-refractivity contribution in [1.29, 1.82) is 0 Å². The normalized spacial score (nSPS) is 22.7. The van der Waals surface area contributed by atoms with Crippen LogP contribution in [0.15, 0.2) is 24.3 Å². The van der Waals surface area contributed by atoms with Gasteiger partial charge in [0.15, 0.2) is 0 Å². The predicted octanol–water partition coefficient (Wildman–Crippen LogP) is 3.36. The number of aliphatic carboxylic acids is 1. The number of carboxylic acid groups (broad SMARTS) is 1. The topological polar surface area (TPSA) is 87.7 Å². The third-order valence-electron chi connectivity index (χ3n) is 4.68. The minimum Gasteiger partial charge on any atom is -0.481 e. The van der Waals surface area contributed by atoms with Gasteiger partial charge in [-0.3, -0.25) is 4.79 Å². The molecule has 6 nitrogen and oxygen atoms in total. The second-order valence-electron chi connectivity index (χ2n) is 6.50. The van der Waals surface area contributed by atoms with E-state index in [1.807, 2.05) is 19.1 Å². The number of rotatable bonds is 6. The Labute approximate surface area is 152 Å². The van der Waals surface area contributed by atoms with Crippen LogP contribution >= 0.6 is 11.6 Å². The summed E-state index contributed by atoms with van der Waals surface area (Å²) in [5.74, 6) is -1.04. The van der Waals surface area contributed by atoms with Crippen molar-refractivity contribution < 1.29 is 19.4 Å². The lowest BCUT2D eigenvalue weighted by molar-refractivity contribution is -0.142. The molecule has 2 amide bonds. The highest BCUT2D eigenvalue weighted by Gasteiger charge is 2.27. The Morgan fingerprint density at radius 1 is 1.20 bits per heavy atom. The third-order valence-corrected chi connectivity index (χ3v) is 4.93. The number of halogens is 1. The molecule has 0 aromatic heterocycles. The molecule has 1 saturated carbocycles. The number of nitrogens with one attached hydrogen (secondary N) is 2. The fraction of sp³-hybridized carbons (Fsp3) is 0.556. The average Bonchev–Trinajstić information content (AvgIpc) is 2.57. The van der Waals surface area contributed by atoms with E-state index in [2.05, 4.69) is 10.6 Å². The van der Waals surface area contributed by atoms with Crippen molar-refractivity contribution in [3.8, 4) is 0 Å². The van der Waals surface area contributed by atoms with Crippen molar-refractivity contribution >= 4 is 23.6 Å². The van der Waals surface area contributed by atoms with E-state index in [4.69, 9.17) is 21.4 Å². The zero-order chi connectivity index (χ0) is 18.4. The summed E-state index contributed by atoms with van der Waals surface area (Å²) < 4.78 is 5.52. The van der Waals surface area contributed by atoms with Crippen LogP contribution in [0, 0.1) is 5.92 Å². The standard InChI is InChI=1S/C18H25ClN2O4/c1-11(16(25-2)12-3-7-14(19)8-4-12)20-18(24)21-15-9-5-13(6-10-15)17(22)23/h3-4,7-8,11,13,15-16H,5-6,9-10H2,1-2H3,(H,22,23)(H2,20,21,24). The van der Waals surface area contributed by atoms with Gasteiger partial charge in [0.25, 0.3) is 0 Å². The Morgan fingerprint density at radius 3 is 2.32 bits per heavy atom. The fourth-order valence-corrected chi connectivity index (χ4v) is 3.40. The molecule has 0 aliphatic heterocycles. The number of methoxy groups -OCH3 is 1. The molecule has 2 rings (SSSR count). The van der Waals surface area contributed by atoms with E-state index in [-0.39, 0.29) is 30.1 Å². The molecular weight excluding hydrogens is 344 g/mol. The van der Waals surface area contributed by atoms with Gasteiger partial charge < -0.3 is 20.5 Å². The van der Waals surface area contributed by atoms with Gasteiger partial charge in [-0.15, -0.1) is 0 Å².